The van der Waals surface area contributed by atoms with Gasteiger partial charge in [-0.15, -0.1) is 0 Å². The summed E-state index contributed by atoms with van der Waals surface area (Å²) >= 11 is 0. The molecule has 0 radical (unpaired) electrons. The van der Waals surface area contributed by atoms with E-state index in [4.69, 9.17) is 0 Å². The molecule has 0 aliphatic rings. The molecule has 2 atom stereocenters. The molecule has 0 saturated carbocycles. The third kappa shape index (κ3) is 3.81. The van der Waals surface area contributed by atoms with Gasteiger partial charge in [0.2, 0.25) is 0 Å². The Kier molecular flexibility index (Phi) is 4.92. The molecule has 1 amide bonds. The van der Waals surface area contributed by atoms with Crippen molar-refractivity contribution in [1.29, 1.82) is 0 Å². The Morgan fingerprint density at radius 1 is 0.875 bits per heavy atom. The average Bonchev–Trinajstić information content (AvgIpc) is 2.62. The van der Waals surface area contributed by atoms with Crippen molar-refractivity contribution in [2.45, 2.75) is 25.9 Å². The molecule has 122 valence electrons. The predicted octanol–water partition coefficient (Wildman–Crippen LogP) is 3.49. The van der Waals surface area contributed by atoms with Crippen molar-refractivity contribution in [3.05, 3.63) is 78.4 Å². The number of rotatable bonds is 5. The Labute approximate surface area is 142 Å². The molecule has 0 aliphatic heterocycles. The summed E-state index contributed by atoms with van der Waals surface area (Å²) in [4.78, 5) is 12.5. The number of amides is 1. The molecule has 0 fully saturated rings. The van der Waals surface area contributed by atoms with Crippen molar-refractivity contribution in [1.82, 2.24) is 0 Å². The lowest BCUT2D eigenvalue weighted by Gasteiger charge is -2.17. The molecule has 0 bridgehead atoms. The van der Waals surface area contributed by atoms with Gasteiger partial charge in [-0.25, -0.2) is 0 Å². The number of benzene rings is 3. The minimum absolute atomic E-state index is 0.0214. The molecule has 3 heteroatoms. The van der Waals surface area contributed by atoms with Crippen LogP contribution in [0.2, 0.25) is 0 Å². The first kappa shape index (κ1) is 16.2. The zero-order valence-corrected chi connectivity index (χ0v) is 14.1. The molecule has 0 saturated heterocycles. The number of nitrogens with one attached hydrogen (secondary N) is 1. The van der Waals surface area contributed by atoms with Crippen LogP contribution in [-0.2, 0) is 4.79 Å². The summed E-state index contributed by atoms with van der Waals surface area (Å²) in [6.45, 7) is 4.06. The van der Waals surface area contributed by atoms with E-state index in [2.05, 4.69) is 41.8 Å². The number of anilines is 1. The highest BCUT2D eigenvalue weighted by Crippen LogP contribution is 2.18. The van der Waals surface area contributed by atoms with E-state index in [1.807, 2.05) is 55.5 Å². The first-order valence-corrected chi connectivity index (χ1v) is 8.33. The smallest absolute Gasteiger partial charge is 0.282 e. The van der Waals surface area contributed by atoms with Gasteiger partial charge >= 0.3 is 0 Å². The van der Waals surface area contributed by atoms with E-state index in [9.17, 15) is 4.79 Å². The SMILES string of the molecule is C[C@@H]([NH2+][C@H](C)c1ccccc1)C(=O)Nc1ccc2ccccc2c1. The van der Waals surface area contributed by atoms with Gasteiger partial charge in [0.1, 0.15) is 6.04 Å². The van der Waals surface area contributed by atoms with Crippen LogP contribution < -0.4 is 10.6 Å². The van der Waals surface area contributed by atoms with Crippen LogP contribution in [0.25, 0.3) is 10.8 Å². The molecule has 0 heterocycles. The highest BCUT2D eigenvalue weighted by atomic mass is 16.2. The van der Waals surface area contributed by atoms with E-state index in [0.29, 0.717) is 0 Å². The summed E-state index contributed by atoms with van der Waals surface area (Å²) < 4.78 is 0. The number of hydrogen-bond donors (Lipinski definition) is 2. The topological polar surface area (TPSA) is 45.7 Å². The molecule has 3 aromatic carbocycles. The summed E-state index contributed by atoms with van der Waals surface area (Å²) in [5, 5.41) is 7.41. The lowest BCUT2D eigenvalue weighted by molar-refractivity contribution is -0.709. The fraction of sp³-hybridized carbons (Fsp3) is 0.190. The van der Waals surface area contributed by atoms with Gasteiger partial charge < -0.3 is 10.6 Å². The quantitative estimate of drug-likeness (QED) is 0.743. The van der Waals surface area contributed by atoms with Crippen molar-refractivity contribution in [2.75, 3.05) is 5.32 Å². The van der Waals surface area contributed by atoms with Gasteiger partial charge in [-0.05, 0) is 36.8 Å². The summed E-state index contributed by atoms with van der Waals surface area (Å²) in [5.41, 5.74) is 2.06. The zero-order valence-electron chi connectivity index (χ0n) is 14.1. The standard InChI is InChI=1S/C21H22N2O/c1-15(17-8-4-3-5-9-17)22-16(2)21(24)23-20-13-12-18-10-6-7-11-19(18)14-20/h3-16,22H,1-2H3,(H,23,24)/p+1/t15-,16-/m1/s1. The van der Waals surface area contributed by atoms with Crippen LogP contribution >= 0.6 is 0 Å². The lowest BCUT2D eigenvalue weighted by Crippen LogP contribution is -2.91. The predicted molar refractivity (Wildman–Crippen MR) is 98.8 cm³/mol. The third-order valence-electron chi connectivity index (χ3n) is 4.33. The largest absolute Gasteiger partial charge is 0.330 e. The van der Waals surface area contributed by atoms with Crippen LogP contribution in [0.5, 0.6) is 0 Å². The van der Waals surface area contributed by atoms with Crippen molar-refractivity contribution >= 4 is 22.4 Å². The Balaban J connectivity index is 1.64. The number of hydrogen-bond acceptors (Lipinski definition) is 1. The number of quaternary nitrogens is 1. The summed E-state index contributed by atoms with van der Waals surface area (Å²) in [6.07, 6.45) is 0. The minimum atomic E-state index is -0.160. The molecule has 0 aromatic heterocycles. The maximum absolute atomic E-state index is 12.5. The fourth-order valence-electron chi connectivity index (χ4n) is 2.91. The Bertz CT molecular complexity index is 829. The van der Waals surface area contributed by atoms with E-state index in [-0.39, 0.29) is 18.0 Å². The number of carbonyl (C=O) groups is 1. The molecular formula is C21H23N2O+. The fourth-order valence-corrected chi connectivity index (χ4v) is 2.91. The van der Waals surface area contributed by atoms with Crippen LogP contribution in [-0.4, -0.2) is 11.9 Å². The molecule has 3 nitrogen and oxygen atoms in total. The van der Waals surface area contributed by atoms with E-state index in [0.717, 1.165) is 11.1 Å². The zero-order chi connectivity index (χ0) is 16.9. The molecule has 24 heavy (non-hydrogen) atoms. The van der Waals surface area contributed by atoms with Gasteiger partial charge in [-0.3, -0.25) is 4.79 Å². The highest BCUT2D eigenvalue weighted by Gasteiger charge is 2.20. The number of nitrogens with two attached hydrogens (primary N) is 1. The maximum atomic E-state index is 12.5. The molecule has 3 aromatic rings. The van der Waals surface area contributed by atoms with Crippen molar-refractivity contribution in [2.24, 2.45) is 0 Å². The van der Waals surface area contributed by atoms with Crippen molar-refractivity contribution in [3.63, 3.8) is 0 Å². The second kappa shape index (κ2) is 7.28. The summed E-state index contributed by atoms with van der Waals surface area (Å²) in [6, 6.07) is 24.5. The molecule has 0 aliphatic carbocycles. The summed E-state index contributed by atoms with van der Waals surface area (Å²) in [7, 11) is 0. The minimum Gasteiger partial charge on any atom is -0.330 e. The van der Waals surface area contributed by atoms with Gasteiger partial charge in [-0.2, -0.15) is 0 Å². The van der Waals surface area contributed by atoms with Crippen LogP contribution in [0.4, 0.5) is 5.69 Å². The Hall–Kier alpha value is -2.65. The van der Waals surface area contributed by atoms with E-state index < -0.39 is 0 Å². The van der Waals surface area contributed by atoms with Gasteiger partial charge in [0, 0.05) is 11.3 Å². The second-order valence-corrected chi connectivity index (χ2v) is 6.23. The maximum Gasteiger partial charge on any atom is 0.282 e. The monoisotopic (exact) mass is 319 g/mol. The molecule has 0 spiro atoms. The van der Waals surface area contributed by atoms with Crippen LogP contribution in [0.1, 0.15) is 25.5 Å². The number of carbonyl (C=O) groups excluding carboxylic acids is 1. The number of fused-ring (bicyclic) bond motifs is 1. The van der Waals surface area contributed by atoms with Gasteiger partial charge in [0.05, 0.1) is 0 Å². The molecule has 3 rings (SSSR count). The molecule has 3 N–H and O–H groups in total. The van der Waals surface area contributed by atoms with Gasteiger partial charge in [-0.1, -0.05) is 60.7 Å². The van der Waals surface area contributed by atoms with Crippen molar-refractivity contribution in [3.8, 4) is 0 Å². The van der Waals surface area contributed by atoms with E-state index in [1.54, 1.807) is 0 Å². The molecule has 0 unspecified atom stereocenters. The average molecular weight is 319 g/mol. The Morgan fingerprint density at radius 2 is 1.54 bits per heavy atom. The van der Waals surface area contributed by atoms with Gasteiger partial charge in [0.25, 0.3) is 5.91 Å². The van der Waals surface area contributed by atoms with E-state index in [1.165, 1.54) is 10.9 Å². The molecular weight excluding hydrogens is 296 g/mol. The van der Waals surface area contributed by atoms with Crippen LogP contribution in [0.3, 0.4) is 0 Å². The first-order chi connectivity index (χ1) is 11.6. The lowest BCUT2D eigenvalue weighted by atomic mass is 10.1. The first-order valence-electron chi connectivity index (χ1n) is 8.33. The van der Waals surface area contributed by atoms with Gasteiger partial charge in [0.15, 0.2) is 6.04 Å². The highest BCUT2D eigenvalue weighted by molar-refractivity contribution is 5.96. The summed E-state index contributed by atoms with van der Waals surface area (Å²) in [5.74, 6) is 0.0214. The third-order valence-corrected chi connectivity index (χ3v) is 4.33. The van der Waals surface area contributed by atoms with Crippen LogP contribution in [0.15, 0.2) is 72.8 Å². The van der Waals surface area contributed by atoms with Crippen LogP contribution in [0, 0.1) is 0 Å². The Morgan fingerprint density at radius 3 is 2.29 bits per heavy atom. The second-order valence-electron chi connectivity index (χ2n) is 6.23. The van der Waals surface area contributed by atoms with Crippen molar-refractivity contribution < 1.29 is 10.1 Å². The van der Waals surface area contributed by atoms with E-state index >= 15 is 0 Å². The normalized spacial score (nSPS) is 13.4.